The largest absolute Gasteiger partial charge is 0.472 e. The lowest BCUT2D eigenvalue weighted by atomic mass is 10.1. The fourth-order valence-corrected chi connectivity index (χ4v) is 11.1. The zero-order valence-electron chi connectivity index (χ0n) is 60.0. The van der Waals surface area contributed by atoms with Gasteiger partial charge in [-0.05, 0) is 141 Å². The maximum atomic E-state index is 13.1. The van der Waals surface area contributed by atoms with Crippen LogP contribution in [0.25, 0.3) is 0 Å². The Bertz CT molecular complexity index is 2250. The van der Waals surface area contributed by atoms with Crippen LogP contribution in [0.3, 0.4) is 0 Å². The van der Waals surface area contributed by atoms with E-state index in [1.165, 1.54) is 32.1 Å². The second kappa shape index (κ2) is 69.2. The van der Waals surface area contributed by atoms with Crippen molar-refractivity contribution in [3.05, 3.63) is 109 Å². The Balaban J connectivity index is 5.37. The number of allylic oxidation sites excluding steroid dienone is 18. The summed E-state index contributed by atoms with van der Waals surface area (Å²) in [5, 5.41) is 10.6. The smallest absolute Gasteiger partial charge is 0.462 e. The SMILES string of the molecule is CC/C=C\C/C=C\C/C=C\C/C=C\CCCCCCC(=O)OCC(COP(=O)(O)OCC(O)COP(=O)(O)OCC(COC(=O)CCCCCCC/C=C\C/C=C\CCC)OC(=O)CCCCCCC/C=C\CCCC)OC(=O)CCCCCCC/C=C\C/C=C\CCCCC. The highest BCUT2D eigenvalue weighted by molar-refractivity contribution is 7.47. The van der Waals surface area contributed by atoms with Gasteiger partial charge in [0.15, 0.2) is 12.2 Å². The molecule has 0 radical (unpaired) electrons. The number of aliphatic hydroxyl groups is 1. The van der Waals surface area contributed by atoms with E-state index in [0.717, 1.165) is 186 Å². The number of unbranched alkanes of at least 4 members (excludes halogenated alkanes) is 25. The topological polar surface area (TPSA) is 237 Å². The average molecular weight is 1390 g/mol. The number of esters is 4. The van der Waals surface area contributed by atoms with Crippen molar-refractivity contribution in [1.29, 1.82) is 0 Å². The summed E-state index contributed by atoms with van der Waals surface area (Å²) in [5.74, 6) is -2.24. The number of carbonyl (C=O) groups is 4. The maximum Gasteiger partial charge on any atom is 0.472 e. The van der Waals surface area contributed by atoms with Crippen LogP contribution in [0.15, 0.2) is 109 Å². The number of carbonyl (C=O) groups excluding carboxylic acids is 4. The van der Waals surface area contributed by atoms with Gasteiger partial charge in [0, 0.05) is 25.7 Å². The third kappa shape index (κ3) is 68.3. The number of hydrogen-bond donors (Lipinski definition) is 3. The zero-order valence-corrected chi connectivity index (χ0v) is 61.8. The molecule has 3 N–H and O–H groups in total. The molecule has 0 rings (SSSR count). The van der Waals surface area contributed by atoms with Gasteiger partial charge in [-0.15, -0.1) is 0 Å². The molecule has 0 spiro atoms. The second-order valence-corrected chi connectivity index (χ2v) is 27.4. The predicted molar refractivity (Wildman–Crippen MR) is 390 cm³/mol. The number of ether oxygens (including phenoxy) is 4. The van der Waals surface area contributed by atoms with Gasteiger partial charge in [-0.3, -0.25) is 37.3 Å². The van der Waals surface area contributed by atoms with Crippen molar-refractivity contribution in [1.82, 2.24) is 0 Å². The minimum absolute atomic E-state index is 0.0716. The quantitative estimate of drug-likeness (QED) is 0.0169. The van der Waals surface area contributed by atoms with Crippen LogP contribution in [-0.4, -0.2) is 96.7 Å². The number of rotatable bonds is 69. The predicted octanol–water partition coefficient (Wildman–Crippen LogP) is 21.0. The molecule has 0 aromatic rings. The number of phosphoric acid groups is 2. The normalized spacial score (nSPS) is 14.6. The molecule has 0 saturated heterocycles. The van der Waals surface area contributed by atoms with Gasteiger partial charge in [0.2, 0.25) is 0 Å². The summed E-state index contributed by atoms with van der Waals surface area (Å²) in [4.78, 5) is 72.7. The summed E-state index contributed by atoms with van der Waals surface area (Å²) in [7, 11) is -9.96. The first-order chi connectivity index (χ1) is 46.7. The molecular formula is C77H132O17P2. The van der Waals surface area contributed by atoms with Crippen molar-refractivity contribution < 1.29 is 80.2 Å². The van der Waals surface area contributed by atoms with E-state index < -0.39 is 97.5 Å². The van der Waals surface area contributed by atoms with Gasteiger partial charge in [0.1, 0.15) is 19.3 Å². The molecule has 0 aliphatic rings. The van der Waals surface area contributed by atoms with E-state index in [0.29, 0.717) is 25.7 Å². The number of aliphatic hydroxyl groups excluding tert-OH is 1. The van der Waals surface area contributed by atoms with Crippen LogP contribution in [0.4, 0.5) is 0 Å². The van der Waals surface area contributed by atoms with Gasteiger partial charge in [0.25, 0.3) is 0 Å². The molecule has 0 aromatic heterocycles. The first-order valence-electron chi connectivity index (χ1n) is 37.1. The summed E-state index contributed by atoms with van der Waals surface area (Å²) in [6.45, 7) is 4.55. The van der Waals surface area contributed by atoms with E-state index >= 15 is 0 Å². The summed E-state index contributed by atoms with van der Waals surface area (Å²) in [6.07, 6.45) is 72.3. The van der Waals surface area contributed by atoms with Gasteiger partial charge in [0.05, 0.1) is 26.4 Å². The van der Waals surface area contributed by atoms with Crippen LogP contribution in [0.1, 0.15) is 297 Å². The third-order valence-corrected chi connectivity index (χ3v) is 17.1. The second-order valence-electron chi connectivity index (χ2n) is 24.5. The number of hydrogen-bond acceptors (Lipinski definition) is 15. The third-order valence-electron chi connectivity index (χ3n) is 15.2. The fourth-order valence-electron chi connectivity index (χ4n) is 9.49. The summed E-state index contributed by atoms with van der Waals surface area (Å²) in [6, 6.07) is 0. The minimum atomic E-state index is -4.98. The summed E-state index contributed by atoms with van der Waals surface area (Å²) >= 11 is 0. The molecule has 0 aromatic carbocycles. The first-order valence-corrected chi connectivity index (χ1v) is 40.1. The van der Waals surface area contributed by atoms with Crippen LogP contribution < -0.4 is 0 Å². The van der Waals surface area contributed by atoms with E-state index in [4.69, 9.17) is 37.0 Å². The van der Waals surface area contributed by atoms with Crippen molar-refractivity contribution in [2.24, 2.45) is 0 Å². The highest BCUT2D eigenvalue weighted by Gasteiger charge is 2.30. The minimum Gasteiger partial charge on any atom is -0.462 e. The molecule has 0 saturated carbocycles. The Morgan fingerprint density at radius 1 is 0.302 bits per heavy atom. The van der Waals surface area contributed by atoms with Crippen LogP contribution >= 0.6 is 15.6 Å². The van der Waals surface area contributed by atoms with Gasteiger partial charge in [-0.2, -0.15) is 0 Å². The highest BCUT2D eigenvalue weighted by atomic mass is 31.2. The van der Waals surface area contributed by atoms with Crippen LogP contribution in [0.2, 0.25) is 0 Å². The van der Waals surface area contributed by atoms with E-state index in [1.807, 2.05) is 0 Å². The lowest BCUT2D eigenvalue weighted by molar-refractivity contribution is -0.161. The summed E-state index contributed by atoms with van der Waals surface area (Å²) in [5.41, 5.74) is 0. The average Bonchev–Trinajstić information content (AvgIpc) is 2.18. The Morgan fingerprint density at radius 3 is 0.917 bits per heavy atom. The molecule has 0 bridgehead atoms. The van der Waals surface area contributed by atoms with E-state index in [-0.39, 0.29) is 25.7 Å². The molecule has 0 amide bonds. The Hall–Kier alpha value is -4.28. The molecule has 0 heterocycles. The van der Waals surface area contributed by atoms with Crippen LogP contribution in [0, 0.1) is 0 Å². The van der Waals surface area contributed by atoms with Gasteiger partial charge < -0.3 is 33.8 Å². The standard InChI is InChI=1S/C77H132O17P2/c1-5-9-13-17-21-25-29-32-34-35-37-39-43-46-50-54-58-62-75(80)88-68-73(94-77(82)64-60-56-52-48-44-40-36-33-30-26-22-18-14-10-6-2)70-92-96(85,86)90-66-71(78)65-89-95(83,84)91-69-72(93-76(81)63-59-55-51-47-41-28-24-20-16-12-8-4)67-87-74(79)61-57-53-49-45-42-38-31-27-23-19-15-11-7-3/h9,13,15,19-22,24-27,31-34,36-37,39,71-73,78H,5-8,10-12,14,16-18,23,28-30,35,38,40-70H2,1-4H3,(H,83,84)(H,85,86)/b13-9-,19-15-,24-20-,25-21-,26-22-,31-27-,34-32-,36-33-,39-37-. The molecule has 0 aliphatic carbocycles. The van der Waals surface area contributed by atoms with E-state index in [2.05, 4.69) is 137 Å². The molecule has 0 fully saturated rings. The van der Waals surface area contributed by atoms with Gasteiger partial charge in [-0.25, -0.2) is 9.13 Å². The van der Waals surface area contributed by atoms with Crippen molar-refractivity contribution in [2.75, 3.05) is 39.6 Å². The highest BCUT2D eigenvalue weighted by Crippen LogP contribution is 2.45. The maximum absolute atomic E-state index is 13.1. The van der Waals surface area contributed by atoms with Crippen LogP contribution in [0.5, 0.6) is 0 Å². The van der Waals surface area contributed by atoms with Crippen molar-refractivity contribution in [3.63, 3.8) is 0 Å². The Labute approximate surface area is 581 Å². The first kappa shape index (κ1) is 91.7. The van der Waals surface area contributed by atoms with Gasteiger partial charge in [-0.1, -0.05) is 240 Å². The van der Waals surface area contributed by atoms with Crippen molar-refractivity contribution in [3.8, 4) is 0 Å². The molecule has 19 heteroatoms. The molecule has 5 unspecified atom stereocenters. The zero-order chi connectivity index (χ0) is 70.4. The van der Waals surface area contributed by atoms with E-state index in [1.54, 1.807) is 0 Å². The lowest BCUT2D eigenvalue weighted by Gasteiger charge is -2.21. The molecule has 552 valence electrons. The van der Waals surface area contributed by atoms with Crippen molar-refractivity contribution >= 4 is 39.5 Å². The number of phosphoric ester groups is 2. The van der Waals surface area contributed by atoms with Crippen molar-refractivity contribution in [2.45, 2.75) is 316 Å². The monoisotopic (exact) mass is 1390 g/mol. The fraction of sp³-hybridized carbons (Fsp3) is 0.714. The molecule has 5 atom stereocenters. The van der Waals surface area contributed by atoms with E-state index in [9.17, 15) is 43.2 Å². The molecule has 96 heavy (non-hydrogen) atoms. The van der Waals surface area contributed by atoms with Crippen LogP contribution in [-0.2, 0) is 65.4 Å². The summed E-state index contributed by atoms with van der Waals surface area (Å²) < 4.78 is 68.3. The lowest BCUT2D eigenvalue weighted by Crippen LogP contribution is -2.30. The van der Waals surface area contributed by atoms with Gasteiger partial charge >= 0.3 is 39.5 Å². The molecule has 0 aliphatic heterocycles. The Kier molecular flexibility index (Phi) is 66.1. The molecular weight excluding hydrogens is 1260 g/mol. The molecule has 17 nitrogen and oxygen atoms in total. The Morgan fingerprint density at radius 2 is 0.573 bits per heavy atom.